The Hall–Kier alpha value is -4.04. The molecule has 0 saturated carbocycles. The Balaban J connectivity index is 1.69. The van der Waals surface area contributed by atoms with E-state index in [2.05, 4.69) is 45.2 Å². The highest BCUT2D eigenvalue weighted by Crippen LogP contribution is 2.41. The number of rotatable bonds is 5. The number of aromatic carboxylic acids is 1. The summed E-state index contributed by atoms with van der Waals surface area (Å²) >= 11 is 0. The number of fused-ring (bicyclic) bond motifs is 3. The lowest BCUT2D eigenvalue weighted by atomic mass is 9.86. The fourth-order valence-corrected chi connectivity index (χ4v) is 5.64. The summed E-state index contributed by atoms with van der Waals surface area (Å²) in [7, 11) is 1.88. The van der Waals surface area contributed by atoms with Crippen LogP contribution in [0.25, 0.3) is 33.2 Å². The fraction of sp³-hybridized carbons (Fsp3) is 0.286. The van der Waals surface area contributed by atoms with E-state index in [-0.39, 0.29) is 11.6 Å². The van der Waals surface area contributed by atoms with E-state index < -0.39 is 5.97 Å². The van der Waals surface area contributed by atoms with Crippen molar-refractivity contribution in [3.05, 3.63) is 77.6 Å². The molecule has 8 nitrogen and oxygen atoms in total. The van der Waals surface area contributed by atoms with E-state index in [1.54, 1.807) is 16.8 Å². The standard InChI is InChI=1S/C28H27N5O3/c1-17-26(32(2)31-30-17)21-15-24-25(29-16-21)22-9-8-20(28(34)35)14-23(22)33(24)27(18-6-4-3-5-7-18)19-10-12-36-13-11-19/h3-9,14-16,19,27H,10-13H2,1-2H3,(H,34,35)/t27-/m1/s1. The number of carbonyl (C=O) groups is 1. The van der Waals surface area contributed by atoms with Crippen molar-refractivity contribution in [2.45, 2.75) is 25.8 Å². The first-order valence-corrected chi connectivity index (χ1v) is 12.2. The molecule has 3 aromatic heterocycles. The number of benzene rings is 2. The van der Waals surface area contributed by atoms with Crippen molar-refractivity contribution in [3.63, 3.8) is 0 Å². The number of aromatic nitrogens is 5. The molecule has 5 aromatic rings. The first kappa shape index (κ1) is 22.4. The Morgan fingerprint density at radius 1 is 1.08 bits per heavy atom. The number of hydrogen-bond donors (Lipinski definition) is 1. The Morgan fingerprint density at radius 3 is 2.56 bits per heavy atom. The van der Waals surface area contributed by atoms with Crippen molar-refractivity contribution in [1.29, 1.82) is 0 Å². The van der Waals surface area contributed by atoms with Gasteiger partial charge in [0, 0.05) is 37.4 Å². The predicted octanol–water partition coefficient (Wildman–Crippen LogP) is 5.01. The molecule has 8 heteroatoms. The minimum Gasteiger partial charge on any atom is -0.478 e. The van der Waals surface area contributed by atoms with Crippen LogP contribution in [0.3, 0.4) is 0 Å². The van der Waals surface area contributed by atoms with Crippen LogP contribution in [0.5, 0.6) is 0 Å². The summed E-state index contributed by atoms with van der Waals surface area (Å²) in [5.74, 6) is -0.613. The number of hydrogen-bond acceptors (Lipinski definition) is 5. The van der Waals surface area contributed by atoms with Crippen molar-refractivity contribution >= 4 is 27.9 Å². The quantitative estimate of drug-likeness (QED) is 0.379. The van der Waals surface area contributed by atoms with Gasteiger partial charge < -0.3 is 14.4 Å². The van der Waals surface area contributed by atoms with Gasteiger partial charge in [0.15, 0.2) is 0 Å². The summed E-state index contributed by atoms with van der Waals surface area (Å²) in [5.41, 5.74) is 6.80. The maximum atomic E-state index is 11.9. The van der Waals surface area contributed by atoms with Gasteiger partial charge in [0.1, 0.15) is 0 Å². The molecule has 182 valence electrons. The zero-order chi connectivity index (χ0) is 24.8. The molecule has 0 unspecified atom stereocenters. The van der Waals surface area contributed by atoms with E-state index in [1.165, 1.54) is 5.56 Å². The molecule has 1 aliphatic heterocycles. The molecule has 0 radical (unpaired) electrons. The maximum absolute atomic E-state index is 11.9. The summed E-state index contributed by atoms with van der Waals surface area (Å²) in [6.45, 7) is 3.37. The summed E-state index contributed by atoms with van der Waals surface area (Å²) in [4.78, 5) is 16.8. The largest absolute Gasteiger partial charge is 0.478 e. The fourth-order valence-electron chi connectivity index (χ4n) is 5.64. The third-order valence-corrected chi connectivity index (χ3v) is 7.29. The smallest absolute Gasteiger partial charge is 0.335 e. The van der Waals surface area contributed by atoms with Gasteiger partial charge in [0.2, 0.25) is 0 Å². The lowest BCUT2D eigenvalue weighted by Crippen LogP contribution is -2.27. The average Bonchev–Trinajstić information content (AvgIpc) is 3.41. The molecule has 36 heavy (non-hydrogen) atoms. The molecule has 1 saturated heterocycles. The van der Waals surface area contributed by atoms with E-state index in [9.17, 15) is 9.90 Å². The number of ether oxygens (including phenoxy) is 1. The normalized spacial score (nSPS) is 15.5. The lowest BCUT2D eigenvalue weighted by molar-refractivity contribution is 0.0553. The number of pyridine rings is 1. The highest BCUT2D eigenvalue weighted by molar-refractivity contribution is 6.08. The van der Waals surface area contributed by atoms with E-state index in [4.69, 9.17) is 9.72 Å². The van der Waals surface area contributed by atoms with Gasteiger partial charge in [-0.1, -0.05) is 35.5 Å². The number of carboxylic acid groups (broad SMARTS) is 1. The zero-order valence-corrected chi connectivity index (χ0v) is 20.3. The lowest BCUT2D eigenvalue weighted by Gasteiger charge is -2.33. The molecule has 0 spiro atoms. The van der Waals surface area contributed by atoms with E-state index >= 15 is 0 Å². The summed E-state index contributed by atoms with van der Waals surface area (Å²) in [6, 6.07) is 17.9. The van der Waals surface area contributed by atoms with E-state index in [0.29, 0.717) is 5.92 Å². The van der Waals surface area contributed by atoms with Crippen LogP contribution >= 0.6 is 0 Å². The Labute approximate surface area is 208 Å². The topological polar surface area (TPSA) is 95.1 Å². The van der Waals surface area contributed by atoms with Crippen LogP contribution in [0.15, 0.2) is 60.8 Å². The van der Waals surface area contributed by atoms with Crippen LogP contribution in [0, 0.1) is 12.8 Å². The van der Waals surface area contributed by atoms with Gasteiger partial charge in [0.05, 0.1) is 39.5 Å². The highest BCUT2D eigenvalue weighted by Gasteiger charge is 2.30. The van der Waals surface area contributed by atoms with Crippen LogP contribution in [0.4, 0.5) is 0 Å². The molecule has 2 aromatic carbocycles. The Kier molecular flexibility index (Phi) is 5.53. The van der Waals surface area contributed by atoms with Gasteiger partial charge in [-0.3, -0.25) is 4.98 Å². The summed E-state index contributed by atoms with van der Waals surface area (Å²) in [6.07, 6.45) is 3.71. The van der Waals surface area contributed by atoms with Gasteiger partial charge in [-0.05, 0) is 55.5 Å². The molecule has 0 bridgehead atoms. The van der Waals surface area contributed by atoms with Crippen molar-refractivity contribution in [2.24, 2.45) is 13.0 Å². The molecular weight excluding hydrogens is 454 g/mol. The third kappa shape index (κ3) is 3.65. The monoisotopic (exact) mass is 481 g/mol. The highest BCUT2D eigenvalue weighted by atomic mass is 16.5. The zero-order valence-electron chi connectivity index (χ0n) is 20.3. The molecule has 1 atom stereocenters. The van der Waals surface area contributed by atoms with Gasteiger partial charge in [-0.15, -0.1) is 5.10 Å². The van der Waals surface area contributed by atoms with Crippen LogP contribution in [-0.2, 0) is 11.8 Å². The van der Waals surface area contributed by atoms with E-state index in [1.807, 2.05) is 32.3 Å². The summed E-state index contributed by atoms with van der Waals surface area (Å²) < 4.78 is 9.78. The van der Waals surface area contributed by atoms with E-state index in [0.717, 1.165) is 64.9 Å². The molecule has 1 N–H and O–H groups in total. The van der Waals surface area contributed by atoms with Crippen molar-refractivity contribution < 1.29 is 14.6 Å². The van der Waals surface area contributed by atoms with Crippen LogP contribution < -0.4 is 0 Å². The average molecular weight is 482 g/mol. The Bertz CT molecular complexity index is 1560. The number of carboxylic acids is 1. The molecule has 4 heterocycles. The van der Waals surface area contributed by atoms with Crippen molar-refractivity contribution in [2.75, 3.05) is 13.2 Å². The second kappa shape index (κ2) is 8.87. The predicted molar refractivity (Wildman–Crippen MR) is 137 cm³/mol. The second-order valence-corrected chi connectivity index (χ2v) is 9.45. The molecule has 1 aliphatic rings. The van der Waals surface area contributed by atoms with Crippen molar-refractivity contribution in [3.8, 4) is 11.3 Å². The van der Waals surface area contributed by atoms with Gasteiger partial charge in [-0.2, -0.15) is 0 Å². The van der Waals surface area contributed by atoms with Gasteiger partial charge in [-0.25, -0.2) is 9.48 Å². The molecule has 1 fully saturated rings. The summed E-state index contributed by atoms with van der Waals surface area (Å²) in [5, 5.41) is 19.1. The van der Waals surface area contributed by atoms with Crippen LogP contribution in [0.1, 0.15) is 40.5 Å². The maximum Gasteiger partial charge on any atom is 0.335 e. The van der Waals surface area contributed by atoms with Crippen LogP contribution in [0.2, 0.25) is 0 Å². The molecule has 0 amide bonds. The molecule has 6 rings (SSSR count). The number of aryl methyl sites for hydroxylation is 2. The molecular formula is C28H27N5O3. The van der Waals surface area contributed by atoms with Gasteiger partial charge >= 0.3 is 5.97 Å². The minimum absolute atomic E-state index is 0.00181. The van der Waals surface area contributed by atoms with Gasteiger partial charge in [0.25, 0.3) is 0 Å². The van der Waals surface area contributed by atoms with Crippen LogP contribution in [-0.4, -0.2) is 48.8 Å². The SMILES string of the molecule is Cc1nnn(C)c1-c1cnc2c3ccc(C(=O)O)cc3n([C@H](c3ccccc3)C3CCOCC3)c2c1. The number of nitrogens with zero attached hydrogens (tertiary/aromatic N) is 5. The molecule has 0 aliphatic carbocycles. The first-order chi connectivity index (χ1) is 17.5. The first-order valence-electron chi connectivity index (χ1n) is 12.2. The third-order valence-electron chi connectivity index (χ3n) is 7.29. The Morgan fingerprint density at radius 2 is 1.86 bits per heavy atom. The minimum atomic E-state index is -0.943. The van der Waals surface area contributed by atoms with Crippen molar-refractivity contribution in [1.82, 2.24) is 24.5 Å². The second-order valence-electron chi connectivity index (χ2n) is 9.45.